The van der Waals surface area contributed by atoms with E-state index < -0.39 is 15.6 Å². The molecule has 0 aliphatic heterocycles. The lowest BCUT2D eigenvalue weighted by molar-refractivity contribution is 0.294. The van der Waals surface area contributed by atoms with Crippen LogP contribution in [0.25, 0.3) is 0 Å². The van der Waals surface area contributed by atoms with Crippen molar-refractivity contribution in [2.75, 3.05) is 0 Å². The molecular weight excluding hydrogens is 658 g/mol. The Morgan fingerprint density at radius 2 is 0.429 bits per heavy atom. The fourth-order valence-electron chi connectivity index (χ4n) is 3.37. The maximum atomic E-state index is 13.7. The molecule has 0 N–H and O–H groups in total. The van der Waals surface area contributed by atoms with Crippen molar-refractivity contribution in [1.82, 2.24) is 0 Å². The Balaban J connectivity index is 0.00000239. The fourth-order valence-corrected chi connectivity index (χ4v) is 5.88. The Labute approximate surface area is 294 Å². The highest BCUT2D eigenvalue weighted by Crippen LogP contribution is 2.52. The molecule has 0 spiro atoms. The molecule has 49 heavy (non-hydrogen) atoms. The van der Waals surface area contributed by atoms with E-state index in [-0.39, 0.29) is 18.9 Å². The molecule has 0 unspecified atom stereocenters. The molecule has 0 bridgehead atoms. The van der Waals surface area contributed by atoms with Crippen LogP contribution in [-0.4, -0.2) is 0 Å². The highest BCUT2D eigenvalue weighted by molar-refractivity contribution is 7.50. The summed E-state index contributed by atoms with van der Waals surface area (Å²) in [6.07, 6.45) is 0. The molecule has 266 valence electrons. The van der Waals surface area contributed by atoms with E-state index in [1.54, 1.807) is 121 Å². The molecule has 0 fully saturated rings. The van der Waals surface area contributed by atoms with Crippen molar-refractivity contribution in [2.45, 2.75) is 62.8 Å². The Morgan fingerprint density at radius 1 is 0.286 bits per heavy atom. The van der Waals surface area contributed by atoms with Crippen molar-refractivity contribution < 1.29 is 36.3 Å². The number of hydrogen-bond acceptors (Lipinski definition) is 8. The molecular formula is C39H52O8P2. The third-order valence-corrected chi connectivity index (χ3v) is 7.71. The van der Waals surface area contributed by atoms with Crippen molar-refractivity contribution in [3.8, 4) is 34.5 Å². The zero-order valence-corrected chi connectivity index (χ0v) is 30.8. The molecule has 0 saturated heterocycles. The van der Waals surface area contributed by atoms with E-state index in [4.69, 9.17) is 27.1 Å². The largest absolute Gasteiger partial charge is 0.647 e. The lowest BCUT2D eigenvalue weighted by Gasteiger charge is -2.20. The van der Waals surface area contributed by atoms with Crippen LogP contribution in [0.4, 0.5) is 0 Å². The topological polar surface area (TPSA) is 89.5 Å². The molecule has 5 aromatic rings. The third-order valence-electron chi connectivity index (χ3n) is 5.10. The highest BCUT2D eigenvalue weighted by Gasteiger charge is 2.35. The average molecular weight is 711 g/mol. The van der Waals surface area contributed by atoms with Gasteiger partial charge in [0.1, 0.15) is 34.5 Å². The molecule has 0 aliphatic carbocycles. The number of phosphoric acid groups is 2. The molecule has 10 heteroatoms. The summed E-state index contributed by atoms with van der Waals surface area (Å²) in [4.78, 5) is 0. The number of para-hydroxylation sites is 4. The quantitative estimate of drug-likeness (QED) is 0.118. The Bertz CT molecular complexity index is 1370. The van der Waals surface area contributed by atoms with Gasteiger partial charge in [-0.1, -0.05) is 136 Å². The highest BCUT2D eigenvalue weighted by atomic mass is 31.2. The normalized spacial score (nSPS) is 9.63. The van der Waals surface area contributed by atoms with Gasteiger partial charge in [-0.3, -0.25) is 0 Å². The summed E-state index contributed by atoms with van der Waals surface area (Å²) in [7, 11) is -8.36. The minimum Gasteiger partial charge on any atom is -0.386 e. The van der Waals surface area contributed by atoms with Crippen LogP contribution < -0.4 is 27.1 Å². The van der Waals surface area contributed by atoms with Crippen molar-refractivity contribution in [3.05, 3.63) is 146 Å². The van der Waals surface area contributed by atoms with Crippen LogP contribution in [0.3, 0.4) is 0 Å². The third kappa shape index (κ3) is 16.3. The summed E-state index contributed by atoms with van der Waals surface area (Å²) in [6.45, 7) is 16.0. The molecule has 0 heterocycles. The maximum absolute atomic E-state index is 13.7. The summed E-state index contributed by atoms with van der Waals surface area (Å²) in [6, 6.07) is 40.1. The molecule has 0 aliphatic rings. The van der Waals surface area contributed by atoms with Gasteiger partial charge in [-0.25, -0.2) is 0 Å². The summed E-state index contributed by atoms with van der Waals surface area (Å²) in [5.41, 5.74) is 0. The van der Waals surface area contributed by atoms with Gasteiger partial charge in [0.05, 0.1) is 0 Å². The average Bonchev–Trinajstić information content (AvgIpc) is 3.14. The molecule has 0 amide bonds. The van der Waals surface area contributed by atoms with Crippen LogP contribution in [0.5, 0.6) is 34.5 Å². The van der Waals surface area contributed by atoms with Gasteiger partial charge in [-0.05, 0) is 72.8 Å². The summed E-state index contributed by atoms with van der Waals surface area (Å²) >= 11 is 0. The Morgan fingerprint density at radius 3 is 0.592 bits per heavy atom. The van der Waals surface area contributed by atoms with Crippen LogP contribution >= 0.6 is 15.6 Å². The van der Waals surface area contributed by atoms with E-state index in [2.05, 4.69) is 0 Å². The minimum atomic E-state index is -4.18. The molecule has 0 radical (unpaired) electrons. The van der Waals surface area contributed by atoms with E-state index in [1.807, 2.05) is 55.4 Å². The van der Waals surface area contributed by atoms with E-state index in [9.17, 15) is 9.13 Å². The molecule has 0 atom stereocenters. The first kappa shape index (κ1) is 44.4. The van der Waals surface area contributed by atoms with Crippen LogP contribution in [-0.2, 0) is 9.13 Å². The standard InChI is InChI=1S/C30H24O8P2.4C2H6.CH4/c31-39(33-25-13-5-1-6-14-25,34-26-15-7-2-8-16-26)37-29-21-23-30(24-22-29)38-40(32,35-27-17-9-3-10-18-27)36-28-19-11-4-12-20-28;4*1-2;/h1-24H;4*1-2H3;1H4. The van der Waals surface area contributed by atoms with Crippen molar-refractivity contribution in [2.24, 2.45) is 0 Å². The summed E-state index contributed by atoms with van der Waals surface area (Å²) in [5.74, 6) is 1.53. The first-order chi connectivity index (χ1) is 23.5. The van der Waals surface area contributed by atoms with E-state index in [0.29, 0.717) is 23.0 Å². The van der Waals surface area contributed by atoms with Gasteiger partial charge < -0.3 is 27.1 Å². The first-order valence-electron chi connectivity index (χ1n) is 16.1. The molecule has 5 rings (SSSR count). The monoisotopic (exact) mass is 710 g/mol. The zero-order valence-electron chi connectivity index (χ0n) is 29.0. The molecule has 0 saturated carbocycles. The van der Waals surface area contributed by atoms with Crippen LogP contribution in [0.1, 0.15) is 62.8 Å². The van der Waals surface area contributed by atoms with Crippen molar-refractivity contribution in [1.29, 1.82) is 0 Å². The number of rotatable bonds is 12. The Hall–Kier alpha value is -4.64. The van der Waals surface area contributed by atoms with Gasteiger partial charge in [0.2, 0.25) is 0 Å². The zero-order chi connectivity index (χ0) is 35.7. The van der Waals surface area contributed by atoms with Crippen LogP contribution in [0.15, 0.2) is 146 Å². The van der Waals surface area contributed by atoms with Gasteiger partial charge >= 0.3 is 15.6 Å². The SMILES string of the molecule is C.CC.CC.CC.CC.O=P(Oc1ccccc1)(Oc1ccccc1)Oc1ccc(OP(=O)(Oc2ccccc2)Oc2ccccc2)cc1. The second-order valence-corrected chi connectivity index (χ2v) is 11.1. The smallest absolute Gasteiger partial charge is 0.386 e. The van der Waals surface area contributed by atoms with Gasteiger partial charge in [0, 0.05) is 0 Å². The van der Waals surface area contributed by atoms with Crippen molar-refractivity contribution in [3.63, 3.8) is 0 Å². The van der Waals surface area contributed by atoms with E-state index in [0.717, 1.165) is 0 Å². The fraction of sp³-hybridized carbons (Fsp3) is 0.231. The second kappa shape index (κ2) is 25.4. The lowest BCUT2D eigenvalue weighted by atomic mass is 10.3. The second-order valence-electron chi connectivity index (χ2n) is 8.17. The molecule has 0 aromatic heterocycles. The lowest BCUT2D eigenvalue weighted by Crippen LogP contribution is -2.08. The first-order valence-corrected chi connectivity index (χ1v) is 19.1. The Kier molecular flexibility index (Phi) is 23.0. The minimum absolute atomic E-state index is 0. The summed E-state index contributed by atoms with van der Waals surface area (Å²) in [5, 5.41) is 0. The van der Waals surface area contributed by atoms with E-state index >= 15 is 0 Å². The van der Waals surface area contributed by atoms with Gasteiger partial charge in [0.25, 0.3) is 0 Å². The molecule has 5 aromatic carbocycles. The number of hydrogen-bond donors (Lipinski definition) is 0. The predicted octanol–water partition coefficient (Wildman–Crippen LogP) is 13.7. The number of phosphoric ester groups is 2. The predicted molar refractivity (Wildman–Crippen MR) is 203 cm³/mol. The van der Waals surface area contributed by atoms with Gasteiger partial charge in [0.15, 0.2) is 0 Å². The van der Waals surface area contributed by atoms with Crippen LogP contribution in [0, 0.1) is 0 Å². The van der Waals surface area contributed by atoms with Gasteiger partial charge in [-0.15, -0.1) is 0 Å². The summed E-state index contributed by atoms with van der Waals surface area (Å²) < 4.78 is 61.3. The maximum Gasteiger partial charge on any atom is 0.647 e. The van der Waals surface area contributed by atoms with Gasteiger partial charge in [-0.2, -0.15) is 9.13 Å². The molecule has 8 nitrogen and oxygen atoms in total. The van der Waals surface area contributed by atoms with Crippen LogP contribution in [0.2, 0.25) is 0 Å². The number of benzene rings is 5. The van der Waals surface area contributed by atoms with Crippen molar-refractivity contribution >= 4 is 15.6 Å². The van der Waals surface area contributed by atoms with E-state index in [1.165, 1.54) is 24.3 Å².